The van der Waals surface area contributed by atoms with E-state index in [-0.39, 0.29) is 0 Å². The molecule has 1 fully saturated rings. The van der Waals surface area contributed by atoms with Crippen molar-refractivity contribution < 1.29 is 19.5 Å². The second-order valence-corrected chi connectivity index (χ2v) is 6.73. The molecular formula is C21H28NO3+. The lowest BCUT2D eigenvalue weighted by Crippen LogP contribution is -3.14. The van der Waals surface area contributed by atoms with Gasteiger partial charge < -0.3 is 19.5 Å². The Bertz CT molecular complexity index is 609. The largest absolute Gasteiger partial charge is 0.491 e. The van der Waals surface area contributed by atoms with Crippen LogP contribution in [-0.2, 0) is 6.61 Å². The van der Waals surface area contributed by atoms with Crippen LogP contribution in [0.5, 0.6) is 11.5 Å². The molecule has 0 radical (unpaired) electrons. The Hall–Kier alpha value is -2.04. The van der Waals surface area contributed by atoms with Gasteiger partial charge in [0.15, 0.2) is 0 Å². The summed E-state index contributed by atoms with van der Waals surface area (Å²) in [7, 11) is 0. The maximum absolute atomic E-state index is 10.2. The van der Waals surface area contributed by atoms with Crippen LogP contribution in [-0.4, -0.2) is 37.5 Å². The summed E-state index contributed by atoms with van der Waals surface area (Å²) in [5.74, 6) is 1.58. The van der Waals surface area contributed by atoms with E-state index in [1.807, 2.05) is 54.6 Å². The fourth-order valence-electron chi connectivity index (χ4n) is 3.21. The molecule has 1 atom stereocenters. The number of hydrogen-bond donors (Lipinski definition) is 2. The molecule has 4 heteroatoms. The minimum absolute atomic E-state index is 0.341. The monoisotopic (exact) mass is 342 g/mol. The van der Waals surface area contributed by atoms with Crippen molar-refractivity contribution in [2.75, 3.05) is 26.2 Å². The van der Waals surface area contributed by atoms with E-state index in [1.54, 1.807) is 0 Å². The van der Waals surface area contributed by atoms with Crippen molar-refractivity contribution in [2.45, 2.75) is 32.0 Å². The lowest BCUT2D eigenvalue weighted by molar-refractivity contribution is -0.908. The Kier molecular flexibility index (Phi) is 6.71. The lowest BCUT2D eigenvalue weighted by atomic mass is 10.1. The zero-order valence-electron chi connectivity index (χ0n) is 14.7. The number of benzene rings is 2. The Labute approximate surface area is 150 Å². The number of nitrogens with one attached hydrogen (secondary N) is 1. The van der Waals surface area contributed by atoms with Crippen LogP contribution in [0.2, 0.25) is 0 Å². The van der Waals surface area contributed by atoms with Gasteiger partial charge in [-0.1, -0.05) is 30.3 Å². The van der Waals surface area contributed by atoms with Crippen LogP contribution >= 0.6 is 0 Å². The zero-order valence-corrected chi connectivity index (χ0v) is 14.7. The molecule has 0 unspecified atom stereocenters. The average molecular weight is 342 g/mol. The predicted octanol–water partition coefficient (Wildman–Crippen LogP) is 2.07. The molecule has 0 aromatic heterocycles. The molecule has 4 nitrogen and oxygen atoms in total. The molecule has 3 rings (SSSR count). The first kappa shape index (κ1) is 17.8. The number of aliphatic hydroxyl groups excluding tert-OH is 1. The SMILES string of the molecule is O[C@@H](COc1ccc(OCc2ccccc2)cc1)C[NH+]1CCCCC1. The second-order valence-electron chi connectivity index (χ2n) is 6.73. The van der Waals surface area contributed by atoms with E-state index in [0.29, 0.717) is 13.2 Å². The molecular weight excluding hydrogens is 314 g/mol. The molecule has 1 aliphatic heterocycles. The van der Waals surface area contributed by atoms with E-state index in [4.69, 9.17) is 9.47 Å². The van der Waals surface area contributed by atoms with Gasteiger partial charge in [0.2, 0.25) is 0 Å². The normalized spacial score (nSPS) is 16.4. The maximum Gasteiger partial charge on any atom is 0.137 e. The highest BCUT2D eigenvalue weighted by molar-refractivity contribution is 5.31. The van der Waals surface area contributed by atoms with Crippen molar-refractivity contribution in [3.05, 3.63) is 60.2 Å². The molecule has 1 aliphatic rings. The van der Waals surface area contributed by atoms with Crippen molar-refractivity contribution in [3.63, 3.8) is 0 Å². The fourth-order valence-corrected chi connectivity index (χ4v) is 3.21. The summed E-state index contributed by atoms with van der Waals surface area (Å²) in [5.41, 5.74) is 1.14. The van der Waals surface area contributed by atoms with E-state index in [9.17, 15) is 5.11 Å². The number of piperidine rings is 1. The van der Waals surface area contributed by atoms with Crippen LogP contribution in [0.25, 0.3) is 0 Å². The van der Waals surface area contributed by atoms with Gasteiger partial charge in [-0.2, -0.15) is 0 Å². The molecule has 0 spiro atoms. The quantitative estimate of drug-likeness (QED) is 0.772. The summed E-state index contributed by atoms with van der Waals surface area (Å²) in [6.45, 7) is 4.01. The van der Waals surface area contributed by atoms with Gasteiger partial charge in [-0.15, -0.1) is 0 Å². The van der Waals surface area contributed by atoms with E-state index < -0.39 is 6.10 Å². The minimum Gasteiger partial charge on any atom is -0.491 e. The molecule has 2 N–H and O–H groups in total. The second kappa shape index (κ2) is 9.44. The molecule has 0 amide bonds. The van der Waals surface area contributed by atoms with Gasteiger partial charge in [0, 0.05) is 0 Å². The molecule has 1 saturated heterocycles. The molecule has 0 saturated carbocycles. The van der Waals surface area contributed by atoms with Gasteiger partial charge in [0.05, 0.1) is 13.1 Å². The van der Waals surface area contributed by atoms with E-state index in [1.165, 1.54) is 37.3 Å². The highest BCUT2D eigenvalue weighted by Gasteiger charge is 2.18. The van der Waals surface area contributed by atoms with Crippen molar-refractivity contribution in [3.8, 4) is 11.5 Å². The molecule has 2 aromatic carbocycles. The predicted molar refractivity (Wildman–Crippen MR) is 98.1 cm³/mol. The highest BCUT2D eigenvalue weighted by atomic mass is 16.5. The first-order valence-corrected chi connectivity index (χ1v) is 9.21. The fraction of sp³-hybridized carbons (Fsp3) is 0.429. The van der Waals surface area contributed by atoms with E-state index in [0.717, 1.165) is 23.6 Å². The first-order chi connectivity index (χ1) is 12.3. The molecule has 0 aliphatic carbocycles. The number of quaternary nitrogens is 1. The van der Waals surface area contributed by atoms with Crippen molar-refractivity contribution in [1.82, 2.24) is 0 Å². The van der Waals surface area contributed by atoms with Gasteiger partial charge >= 0.3 is 0 Å². The summed E-state index contributed by atoms with van der Waals surface area (Å²) in [5, 5.41) is 10.2. The summed E-state index contributed by atoms with van der Waals surface area (Å²) >= 11 is 0. The van der Waals surface area contributed by atoms with Crippen molar-refractivity contribution >= 4 is 0 Å². The zero-order chi connectivity index (χ0) is 17.3. The molecule has 0 bridgehead atoms. The van der Waals surface area contributed by atoms with Crippen molar-refractivity contribution in [1.29, 1.82) is 0 Å². The van der Waals surface area contributed by atoms with Gasteiger partial charge in [-0.25, -0.2) is 0 Å². The summed E-state index contributed by atoms with van der Waals surface area (Å²) in [6.07, 6.45) is 3.46. The minimum atomic E-state index is -0.415. The molecule has 134 valence electrons. The Morgan fingerprint density at radius 1 is 0.840 bits per heavy atom. The summed E-state index contributed by atoms with van der Waals surface area (Å²) in [4.78, 5) is 1.49. The third-order valence-corrected chi connectivity index (χ3v) is 4.60. The van der Waals surface area contributed by atoms with Crippen LogP contribution in [0.15, 0.2) is 54.6 Å². The molecule has 2 aromatic rings. The first-order valence-electron chi connectivity index (χ1n) is 9.21. The Morgan fingerprint density at radius 3 is 2.16 bits per heavy atom. The van der Waals surface area contributed by atoms with E-state index >= 15 is 0 Å². The van der Waals surface area contributed by atoms with Gasteiger partial charge in [-0.3, -0.25) is 0 Å². The number of ether oxygens (including phenoxy) is 2. The van der Waals surface area contributed by atoms with Crippen LogP contribution in [0.1, 0.15) is 24.8 Å². The Morgan fingerprint density at radius 2 is 1.48 bits per heavy atom. The maximum atomic E-state index is 10.2. The molecule has 25 heavy (non-hydrogen) atoms. The Balaban J connectivity index is 1.39. The smallest absolute Gasteiger partial charge is 0.137 e. The number of rotatable bonds is 8. The van der Waals surface area contributed by atoms with E-state index in [2.05, 4.69) is 0 Å². The van der Waals surface area contributed by atoms with Gasteiger partial charge in [0.25, 0.3) is 0 Å². The summed E-state index contributed by atoms with van der Waals surface area (Å²) in [6, 6.07) is 17.7. The van der Waals surface area contributed by atoms with Crippen molar-refractivity contribution in [2.24, 2.45) is 0 Å². The van der Waals surface area contributed by atoms with Crippen LogP contribution in [0.4, 0.5) is 0 Å². The number of hydrogen-bond acceptors (Lipinski definition) is 3. The van der Waals surface area contributed by atoms with Crippen LogP contribution < -0.4 is 14.4 Å². The topological polar surface area (TPSA) is 43.1 Å². The lowest BCUT2D eigenvalue weighted by Gasteiger charge is -2.25. The summed E-state index contributed by atoms with van der Waals surface area (Å²) < 4.78 is 11.5. The van der Waals surface area contributed by atoms with Crippen LogP contribution in [0, 0.1) is 0 Å². The van der Waals surface area contributed by atoms with Crippen LogP contribution in [0.3, 0.4) is 0 Å². The standard InChI is InChI=1S/C21H27NO3/c23-19(15-22-13-5-2-6-14-22)17-25-21-11-9-20(10-12-21)24-16-18-7-3-1-4-8-18/h1,3-4,7-12,19,23H,2,5-6,13-17H2/p+1/t19-/m1/s1. The third kappa shape index (κ3) is 6.07. The molecule has 1 heterocycles. The third-order valence-electron chi connectivity index (χ3n) is 4.60. The van der Waals surface area contributed by atoms with Gasteiger partial charge in [-0.05, 0) is 49.1 Å². The van der Waals surface area contributed by atoms with Gasteiger partial charge in [0.1, 0.15) is 37.4 Å². The number of likely N-dealkylation sites (tertiary alicyclic amines) is 1. The highest BCUT2D eigenvalue weighted by Crippen LogP contribution is 2.18. The number of aliphatic hydroxyl groups is 1. The average Bonchev–Trinajstić information content (AvgIpc) is 2.67.